The van der Waals surface area contributed by atoms with E-state index in [1.165, 1.54) is 12.1 Å². The zero-order valence-electron chi connectivity index (χ0n) is 15.8. The van der Waals surface area contributed by atoms with Crippen LogP contribution in [0.25, 0.3) is 11.3 Å². The van der Waals surface area contributed by atoms with E-state index < -0.39 is 17.5 Å². The lowest BCUT2D eigenvalue weighted by Gasteiger charge is -2.28. The molecule has 0 aliphatic carbocycles. The molecule has 1 amide bonds. The maximum atomic E-state index is 14.4. The van der Waals surface area contributed by atoms with Gasteiger partial charge >= 0.3 is 0 Å². The van der Waals surface area contributed by atoms with Gasteiger partial charge in [0.25, 0.3) is 5.91 Å². The van der Waals surface area contributed by atoms with Crippen molar-refractivity contribution in [1.82, 2.24) is 15.4 Å². The normalized spacial score (nSPS) is 15.4. The highest BCUT2D eigenvalue weighted by Gasteiger charge is 2.27. The van der Waals surface area contributed by atoms with Crippen LogP contribution in [0.5, 0.6) is 0 Å². The molecule has 1 saturated heterocycles. The molecule has 5 nitrogen and oxygen atoms in total. The monoisotopic (exact) mass is 397 g/mol. The Kier molecular flexibility index (Phi) is 5.67. The molecular formula is C22H21F2N3O2. The summed E-state index contributed by atoms with van der Waals surface area (Å²) >= 11 is 0. The predicted octanol–water partition coefficient (Wildman–Crippen LogP) is 4.19. The quantitative estimate of drug-likeness (QED) is 0.678. The minimum atomic E-state index is -0.619. The Balaban J connectivity index is 1.48. The van der Waals surface area contributed by atoms with E-state index >= 15 is 0 Å². The first-order valence-corrected chi connectivity index (χ1v) is 9.61. The molecule has 0 radical (unpaired) electrons. The zero-order valence-corrected chi connectivity index (χ0v) is 15.8. The average molecular weight is 397 g/mol. The van der Waals surface area contributed by atoms with Gasteiger partial charge in [0.05, 0.1) is 6.04 Å². The number of amides is 1. The molecule has 4 rings (SSSR count). The van der Waals surface area contributed by atoms with Crippen LogP contribution in [0.4, 0.5) is 8.78 Å². The van der Waals surface area contributed by atoms with Crippen LogP contribution < -0.4 is 5.32 Å². The van der Waals surface area contributed by atoms with E-state index in [2.05, 4.69) is 15.4 Å². The van der Waals surface area contributed by atoms with E-state index in [0.717, 1.165) is 37.6 Å². The predicted molar refractivity (Wildman–Crippen MR) is 104 cm³/mol. The molecule has 3 aromatic rings. The molecule has 1 unspecified atom stereocenters. The van der Waals surface area contributed by atoms with Gasteiger partial charge in [0.2, 0.25) is 0 Å². The van der Waals surface area contributed by atoms with Crippen molar-refractivity contribution in [3.8, 4) is 11.3 Å². The number of nitrogens with zero attached hydrogens (tertiary/aromatic N) is 2. The van der Waals surface area contributed by atoms with Crippen LogP contribution in [-0.4, -0.2) is 35.6 Å². The SMILES string of the molecule is O=C(NCC(c1ccc(F)cc1F)N1CCCC1)c1cc(-c2ccccc2)on1. The second-order valence-electron chi connectivity index (χ2n) is 7.08. The number of nitrogens with one attached hydrogen (secondary N) is 1. The molecule has 2 aromatic carbocycles. The fourth-order valence-electron chi connectivity index (χ4n) is 3.66. The van der Waals surface area contributed by atoms with Crippen LogP contribution >= 0.6 is 0 Å². The third-order valence-corrected chi connectivity index (χ3v) is 5.16. The average Bonchev–Trinajstić information content (AvgIpc) is 3.42. The van der Waals surface area contributed by atoms with E-state index in [9.17, 15) is 13.6 Å². The molecule has 1 aromatic heterocycles. The molecule has 0 saturated carbocycles. The van der Waals surface area contributed by atoms with Gasteiger partial charge in [-0.2, -0.15) is 0 Å². The summed E-state index contributed by atoms with van der Waals surface area (Å²) in [4.78, 5) is 14.7. The minimum absolute atomic E-state index is 0.156. The number of likely N-dealkylation sites (tertiary alicyclic amines) is 1. The van der Waals surface area contributed by atoms with E-state index in [0.29, 0.717) is 11.3 Å². The Labute approximate surface area is 167 Å². The van der Waals surface area contributed by atoms with E-state index in [4.69, 9.17) is 4.52 Å². The van der Waals surface area contributed by atoms with Gasteiger partial charge in [-0.05, 0) is 32.0 Å². The zero-order chi connectivity index (χ0) is 20.2. The van der Waals surface area contributed by atoms with Gasteiger partial charge in [0.1, 0.15) is 11.6 Å². The summed E-state index contributed by atoms with van der Waals surface area (Å²) in [6.07, 6.45) is 2.02. The molecule has 29 heavy (non-hydrogen) atoms. The third kappa shape index (κ3) is 4.35. The highest BCUT2D eigenvalue weighted by Crippen LogP contribution is 2.27. The van der Waals surface area contributed by atoms with Crippen LogP contribution in [0.2, 0.25) is 0 Å². The van der Waals surface area contributed by atoms with Gasteiger partial charge in [0.15, 0.2) is 11.5 Å². The number of rotatable bonds is 6. The van der Waals surface area contributed by atoms with Crippen LogP contribution in [0, 0.1) is 11.6 Å². The maximum Gasteiger partial charge on any atom is 0.273 e. The second kappa shape index (κ2) is 8.53. The summed E-state index contributed by atoms with van der Waals surface area (Å²) in [5.41, 5.74) is 1.35. The summed E-state index contributed by atoms with van der Waals surface area (Å²) < 4.78 is 33.0. The number of carbonyl (C=O) groups is 1. The number of carbonyl (C=O) groups excluding carboxylic acids is 1. The summed E-state index contributed by atoms with van der Waals surface area (Å²) in [6, 6.07) is 14.1. The highest BCUT2D eigenvalue weighted by molar-refractivity contribution is 5.93. The maximum absolute atomic E-state index is 14.4. The van der Waals surface area contributed by atoms with Gasteiger partial charge in [0, 0.05) is 29.8 Å². The highest BCUT2D eigenvalue weighted by atomic mass is 19.1. The standard InChI is InChI=1S/C22H21F2N3O2/c23-16-8-9-17(18(24)12-16)20(27-10-4-5-11-27)14-25-22(28)19-13-21(29-26-19)15-6-2-1-3-7-15/h1-3,6-9,12-13,20H,4-5,10-11,14H2,(H,25,28). The number of halogens is 2. The Bertz CT molecular complexity index is 985. The van der Waals surface area contributed by atoms with Crippen molar-refractivity contribution < 1.29 is 18.1 Å². The van der Waals surface area contributed by atoms with Crippen molar-refractivity contribution in [2.75, 3.05) is 19.6 Å². The second-order valence-corrected chi connectivity index (χ2v) is 7.08. The number of benzene rings is 2. The van der Waals surface area contributed by atoms with Crippen LogP contribution in [0.1, 0.15) is 34.9 Å². The van der Waals surface area contributed by atoms with E-state index in [1.807, 2.05) is 30.3 Å². The topological polar surface area (TPSA) is 58.4 Å². The van der Waals surface area contributed by atoms with Crippen molar-refractivity contribution >= 4 is 5.91 Å². The van der Waals surface area contributed by atoms with E-state index in [-0.39, 0.29) is 18.3 Å². The Morgan fingerprint density at radius 2 is 1.86 bits per heavy atom. The van der Waals surface area contributed by atoms with Crippen LogP contribution in [0.15, 0.2) is 59.1 Å². The lowest BCUT2D eigenvalue weighted by molar-refractivity contribution is 0.0928. The Morgan fingerprint density at radius 1 is 1.10 bits per heavy atom. The summed E-state index contributed by atoms with van der Waals surface area (Å²) in [6.45, 7) is 1.80. The molecule has 1 fully saturated rings. The number of aromatic nitrogens is 1. The summed E-state index contributed by atoms with van der Waals surface area (Å²) in [5.74, 6) is -1.13. The Hall–Kier alpha value is -3.06. The van der Waals surface area contributed by atoms with Crippen LogP contribution in [-0.2, 0) is 0 Å². The molecule has 0 bridgehead atoms. The fourth-order valence-corrected chi connectivity index (χ4v) is 3.66. The number of hydrogen-bond donors (Lipinski definition) is 1. The molecule has 1 aliphatic heterocycles. The molecule has 1 atom stereocenters. The summed E-state index contributed by atoms with van der Waals surface area (Å²) in [7, 11) is 0. The molecular weight excluding hydrogens is 376 g/mol. The van der Waals surface area contributed by atoms with Crippen molar-refractivity contribution in [2.45, 2.75) is 18.9 Å². The molecule has 7 heteroatoms. The smallest absolute Gasteiger partial charge is 0.273 e. The number of hydrogen-bond acceptors (Lipinski definition) is 4. The third-order valence-electron chi connectivity index (χ3n) is 5.16. The van der Waals surface area contributed by atoms with Crippen molar-refractivity contribution in [2.24, 2.45) is 0 Å². The molecule has 0 spiro atoms. The molecule has 2 heterocycles. The van der Waals surface area contributed by atoms with E-state index in [1.54, 1.807) is 6.07 Å². The van der Waals surface area contributed by atoms with Gasteiger partial charge in [-0.15, -0.1) is 0 Å². The first-order valence-electron chi connectivity index (χ1n) is 9.61. The Morgan fingerprint density at radius 3 is 2.59 bits per heavy atom. The molecule has 150 valence electrons. The first-order chi connectivity index (χ1) is 14.1. The van der Waals surface area contributed by atoms with Gasteiger partial charge < -0.3 is 9.84 Å². The minimum Gasteiger partial charge on any atom is -0.355 e. The molecule has 1 N–H and O–H groups in total. The molecule has 1 aliphatic rings. The lowest BCUT2D eigenvalue weighted by atomic mass is 10.0. The van der Waals surface area contributed by atoms with Crippen molar-refractivity contribution in [3.05, 3.63) is 77.5 Å². The van der Waals surface area contributed by atoms with Crippen molar-refractivity contribution in [1.29, 1.82) is 0 Å². The van der Waals surface area contributed by atoms with Gasteiger partial charge in [-0.25, -0.2) is 8.78 Å². The fraction of sp³-hybridized carbons (Fsp3) is 0.273. The van der Waals surface area contributed by atoms with Gasteiger partial charge in [-0.3, -0.25) is 9.69 Å². The largest absolute Gasteiger partial charge is 0.355 e. The lowest BCUT2D eigenvalue weighted by Crippen LogP contribution is -2.37. The van der Waals surface area contributed by atoms with Crippen LogP contribution in [0.3, 0.4) is 0 Å². The van der Waals surface area contributed by atoms with Gasteiger partial charge in [-0.1, -0.05) is 41.6 Å². The first kappa shape index (κ1) is 19.3. The van der Waals surface area contributed by atoms with Crippen molar-refractivity contribution in [3.63, 3.8) is 0 Å². The summed E-state index contributed by atoms with van der Waals surface area (Å²) in [5, 5.41) is 6.66.